The van der Waals surface area contributed by atoms with E-state index in [1.807, 2.05) is 20.8 Å². The van der Waals surface area contributed by atoms with Gasteiger partial charge in [0.05, 0.1) is 6.54 Å². The molecular weight excluding hydrogens is 150 g/mol. The fourth-order valence-electron chi connectivity index (χ4n) is 0.773. The summed E-state index contributed by atoms with van der Waals surface area (Å²) in [5.74, 6) is 6.26. The predicted octanol–water partition coefficient (Wildman–Crippen LogP) is 1.81. The van der Waals surface area contributed by atoms with Crippen LogP contribution in [0.15, 0.2) is 0 Å². The van der Waals surface area contributed by atoms with Gasteiger partial charge in [0.2, 0.25) is 5.91 Å². The van der Waals surface area contributed by atoms with Crippen molar-refractivity contribution in [3.63, 3.8) is 0 Å². The molecular formula is C10H19NO. The monoisotopic (exact) mass is 169 g/mol. The molecule has 0 aliphatic carbocycles. The molecule has 0 aromatic heterocycles. The first-order valence-corrected chi connectivity index (χ1v) is 4.39. The van der Waals surface area contributed by atoms with E-state index in [9.17, 15) is 4.79 Å². The third kappa shape index (κ3) is 7.14. The smallest absolute Gasteiger partial charge is 0.221 e. The van der Waals surface area contributed by atoms with Gasteiger partial charge in [-0.05, 0) is 5.92 Å². The van der Waals surface area contributed by atoms with Crippen molar-refractivity contribution < 1.29 is 6.22 Å². The first-order valence-electron chi connectivity index (χ1n) is 4.39. The number of hydrogen-bond donors (Lipinski definition) is 1. The van der Waals surface area contributed by atoms with Gasteiger partial charge in [-0.2, -0.15) is 0 Å². The summed E-state index contributed by atoms with van der Waals surface area (Å²) in [4.78, 5) is 11.0. The summed E-state index contributed by atoms with van der Waals surface area (Å²) in [6.45, 7) is 6.52. The first kappa shape index (κ1) is 11.0. The molecule has 0 atom stereocenters. The molecule has 0 saturated heterocycles. The van der Waals surface area contributed by atoms with E-state index in [-0.39, 0.29) is 7.33 Å². The van der Waals surface area contributed by atoms with Gasteiger partial charge in [0.25, 0.3) is 0 Å². The molecule has 2 heteroatoms. The predicted molar refractivity (Wildman–Crippen MR) is 52.6 cm³/mol. The highest BCUT2D eigenvalue weighted by Crippen LogP contribution is 1.97. The zero-order valence-corrected chi connectivity index (χ0v) is 8.11. The van der Waals surface area contributed by atoms with E-state index in [2.05, 4.69) is 17.2 Å². The second-order valence-corrected chi connectivity index (χ2v) is 3.08. The lowest BCUT2D eigenvalue weighted by molar-refractivity contribution is -0.121. The second kappa shape index (κ2) is 6.72. The van der Waals surface area contributed by atoms with Crippen molar-refractivity contribution >= 4 is 5.91 Å². The Morgan fingerprint density at radius 2 is 2.17 bits per heavy atom. The molecule has 0 heterocycles. The Hall–Kier alpha value is -0.970. The topological polar surface area (TPSA) is 29.1 Å². The normalized spacial score (nSPS) is 9.00. The standard InChI is InChI=1S/C10H17NO.H2/c1-4-5-6-7-11-10(12)8-9(2)3;/h9H,4,7-8H2,1-3H3,(H,11,12);1H. The van der Waals surface area contributed by atoms with Crippen LogP contribution in [0.1, 0.15) is 35.0 Å². The molecule has 1 N–H and O–H groups in total. The van der Waals surface area contributed by atoms with E-state index in [1.54, 1.807) is 0 Å². The molecule has 0 aromatic rings. The van der Waals surface area contributed by atoms with E-state index in [4.69, 9.17) is 0 Å². The summed E-state index contributed by atoms with van der Waals surface area (Å²) in [5, 5.41) is 2.74. The fraction of sp³-hybridized carbons (Fsp3) is 0.700. The minimum Gasteiger partial charge on any atom is -0.345 e. The molecule has 0 rings (SSSR count). The van der Waals surface area contributed by atoms with Crippen molar-refractivity contribution in [2.45, 2.75) is 33.6 Å². The number of rotatable bonds is 3. The van der Waals surface area contributed by atoms with Gasteiger partial charge in [-0.1, -0.05) is 26.7 Å². The summed E-state index contributed by atoms with van der Waals surface area (Å²) in [7, 11) is 0. The van der Waals surface area contributed by atoms with Crippen molar-refractivity contribution in [1.82, 2.24) is 5.32 Å². The SMILES string of the molecule is CCC#CCNC(=O)CC(C)C.[HH]. The van der Waals surface area contributed by atoms with Crippen molar-refractivity contribution in [3.8, 4) is 11.8 Å². The number of nitrogens with one attached hydrogen (secondary N) is 1. The van der Waals surface area contributed by atoms with Crippen LogP contribution in [0.5, 0.6) is 0 Å². The maximum absolute atomic E-state index is 11.0. The average molecular weight is 169 g/mol. The Labute approximate surface area is 76.2 Å². The molecule has 0 bridgehead atoms. The van der Waals surface area contributed by atoms with Crippen LogP contribution in [0.4, 0.5) is 0 Å². The summed E-state index contributed by atoms with van der Waals surface area (Å²) in [5.41, 5.74) is 0. The maximum atomic E-state index is 11.0. The van der Waals surface area contributed by atoms with Gasteiger partial charge >= 0.3 is 0 Å². The second-order valence-electron chi connectivity index (χ2n) is 3.08. The Morgan fingerprint density at radius 3 is 2.67 bits per heavy atom. The third-order valence-electron chi connectivity index (χ3n) is 1.27. The largest absolute Gasteiger partial charge is 0.345 e. The lowest BCUT2D eigenvalue weighted by atomic mass is 10.1. The van der Waals surface area contributed by atoms with Crippen molar-refractivity contribution in [1.29, 1.82) is 0 Å². The minimum atomic E-state index is 0. The van der Waals surface area contributed by atoms with Crippen LogP contribution in [0.25, 0.3) is 0 Å². The molecule has 0 aliphatic heterocycles. The summed E-state index contributed by atoms with van der Waals surface area (Å²) in [6, 6.07) is 0. The van der Waals surface area contributed by atoms with Gasteiger partial charge in [0, 0.05) is 14.3 Å². The quantitative estimate of drug-likeness (QED) is 0.641. The Balaban J connectivity index is 0. The van der Waals surface area contributed by atoms with Crippen LogP contribution in [0, 0.1) is 17.8 Å². The molecule has 0 spiro atoms. The summed E-state index contributed by atoms with van der Waals surface area (Å²) >= 11 is 0. The van der Waals surface area contributed by atoms with E-state index >= 15 is 0 Å². The number of hydrogen-bond acceptors (Lipinski definition) is 1. The van der Waals surface area contributed by atoms with Gasteiger partial charge in [-0.3, -0.25) is 4.79 Å². The minimum absolute atomic E-state index is 0. The van der Waals surface area contributed by atoms with Gasteiger partial charge in [-0.15, -0.1) is 5.92 Å². The lowest BCUT2D eigenvalue weighted by Gasteiger charge is -2.02. The summed E-state index contributed by atoms with van der Waals surface area (Å²) in [6.07, 6.45) is 1.44. The molecule has 0 unspecified atom stereocenters. The van der Waals surface area contributed by atoms with E-state index in [0.29, 0.717) is 18.9 Å². The molecule has 0 aliphatic rings. The highest BCUT2D eigenvalue weighted by Gasteiger charge is 2.01. The van der Waals surface area contributed by atoms with Crippen LogP contribution in [-0.4, -0.2) is 12.5 Å². The van der Waals surface area contributed by atoms with E-state index in [0.717, 1.165) is 6.42 Å². The van der Waals surface area contributed by atoms with Crippen molar-refractivity contribution in [3.05, 3.63) is 0 Å². The zero-order chi connectivity index (χ0) is 9.40. The van der Waals surface area contributed by atoms with Crippen LogP contribution < -0.4 is 5.32 Å². The molecule has 0 aromatic carbocycles. The Bertz CT molecular complexity index is 191. The van der Waals surface area contributed by atoms with Gasteiger partial charge < -0.3 is 5.32 Å². The van der Waals surface area contributed by atoms with Crippen molar-refractivity contribution in [2.24, 2.45) is 5.92 Å². The highest BCUT2D eigenvalue weighted by atomic mass is 16.1. The van der Waals surface area contributed by atoms with Crippen LogP contribution in [-0.2, 0) is 4.79 Å². The fourth-order valence-corrected chi connectivity index (χ4v) is 0.773. The average Bonchev–Trinajstić information content (AvgIpc) is 1.97. The zero-order valence-electron chi connectivity index (χ0n) is 8.11. The summed E-state index contributed by atoms with van der Waals surface area (Å²) < 4.78 is 0. The molecule has 0 radical (unpaired) electrons. The number of amides is 1. The molecule has 0 saturated carbocycles. The van der Waals surface area contributed by atoms with E-state index in [1.165, 1.54) is 0 Å². The highest BCUT2D eigenvalue weighted by molar-refractivity contribution is 5.76. The maximum Gasteiger partial charge on any atom is 0.221 e. The van der Waals surface area contributed by atoms with Gasteiger partial charge in [0.15, 0.2) is 0 Å². The van der Waals surface area contributed by atoms with Crippen LogP contribution in [0.2, 0.25) is 0 Å². The Kier molecular flexibility index (Phi) is 6.18. The van der Waals surface area contributed by atoms with E-state index < -0.39 is 0 Å². The Morgan fingerprint density at radius 1 is 1.50 bits per heavy atom. The number of carbonyl (C=O) groups is 1. The van der Waals surface area contributed by atoms with Gasteiger partial charge in [0.1, 0.15) is 0 Å². The molecule has 70 valence electrons. The lowest BCUT2D eigenvalue weighted by Crippen LogP contribution is -2.24. The number of carbonyl (C=O) groups excluding carboxylic acids is 1. The van der Waals surface area contributed by atoms with Crippen LogP contribution in [0.3, 0.4) is 0 Å². The third-order valence-corrected chi connectivity index (χ3v) is 1.27. The molecule has 12 heavy (non-hydrogen) atoms. The molecule has 2 nitrogen and oxygen atoms in total. The van der Waals surface area contributed by atoms with Gasteiger partial charge in [-0.25, -0.2) is 0 Å². The van der Waals surface area contributed by atoms with Crippen LogP contribution >= 0.6 is 0 Å². The molecule has 1 amide bonds. The first-order chi connectivity index (χ1) is 5.66. The van der Waals surface area contributed by atoms with Crippen molar-refractivity contribution in [2.75, 3.05) is 6.54 Å². The molecule has 0 fully saturated rings.